The van der Waals surface area contributed by atoms with E-state index in [1.807, 2.05) is 52.0 Å². The molecule has 0 amide bonds. The molecule has 0 fully saturated rings. The second kappa shape index (κ2) is 9.79. The maximum atomic E-state index is 11.4. The predicted octanol–water partition coefficient (Wildman–Crippen LogP) is 3.60. The van der Waals surface area contributed by atoms with Crippen LogP contribution in [0.4, 0.5) is 0 Å². The van der Waals surface area contributed by atoms with E-state index in [1.54, 1.807) is 12.2 Å². The molecule has 0 aliphatic rings. The second-order valence-corrected chi connectivity index (χ2v) is 3.18. The minimum Gasteiger partial charge on any atom is -0.290 e. The molecule has 0 rings (SSSR count). The summed E-state index contributed by atoms with van der Waals surface area (Å²) < 4.78 is 0. The first-order valence-electron chi connectivity index (χ1n) is 4.76. The first-order chi connectivity index (χ1) is 6.60. The molecule has 0 aromatic heterocycles. The number of hydrogen-bond acceptors (Lipinski definition) is 1. The molecule has 0 N–H and O–H groups in total. The van der Waals surface area contributed by atoms with Gasteiger partial charge in [-0.25, -0.2) is 0 Å². The van der Waals surface area contributed by atoms with Crippen molar-refractivity contribution < 1.29 is 24.3 Å². The van der Waals surface area contributed by atoms with Crippen molar-refractivity contribution >= 4 is 5.78 Å². The maximum absolute atomic E-state index is 11.4. The van der Waals surface area contributed by atoms with Gasteiger partial charge in [-0.1, -0.05) is 24.3 Å². The molecule has 84 valence electrons. The standard InChI is InChI=1S/C13H18O.Ru/c1-5-7-11(3)9-13(14)10-12(4)8-6-2;/h5-10H,1-4H3;/b7-5+,8-6+,11-9+,12-10+;. The molecule has 0 spiro atoms. The van der Waals surface area contributed by atoms with E-state index in [9.17, 15) is 4.79 Å². The Hall–Kier alpha value is -0.747. The number of hydrogen-bond donors (Lipinski definition) is 0. The van der Waals surface area contributed by atoms with E-state index in [0.717, 1.165) is 11.1 Å². The van der Waals surface area contributed by atoms with Crippen LogP contribution in [-0.2, 0) is 24.3 Å². The van der Waals surface area contributed by atoms with Crippen LogP contribution < -0.4 is 0 Å². The molecule has 0 saturated heterocycles. The van der Waals surface area contributed by atoms with E-state index in [1.165, 1.54) is 0 Å². The zero-order chi connectivity index (χ0) is 11.0. The van der Waals surface area contributed by atoms with Crippen molar-refractivity contribution in [3.63, 3.8) is 0 Å². The second-order valence-electron chi connectivity index (χ2n) is 3.18. The summed E-state index contributed by atoms with van der Waals surface area (Å²) in [5, 5.41) is 0. The molecule has 0 saturated carbocycles. The Balaban J connectivity index is 0. The third kappa shape index (κ3) is 9.56. The topological polar surface area (TPSA) is 17.1 Å². The zero-order valence-electron chi connectivity index (χ0n) is 9.73. The van der Waals surface area contributed by atoms with E-state index in [-0.39, 0.29) is 25.3 Å². The third-order valence-corrected chi connectivity index (χ3v) is 1.60. The number of carbonyl (C=O) groups is 1. The normalized spacial score (nSPS) is 13.3. The van der Waals surface area contributed by atoms with Crippen LogP contribution >= 0.6 is 0 Å². The van der Waals surface area contributed by atoms with Gasteiger partial charge in [-0.15, -0.1) is 0 Å². The number of allylic oxidation sites excluding steroid dienone is 8. The summed E-state index contributed by atoms with van der Waals surface area (Å²) in [5.74, 6) is 0.0381. The van der Waals surface area contributed by atoms with Gasteiger partial charge in [0.25, 0.3) is 0 Å². The quantitative estimate of drug-likeness (QED) is 0.439. The summed E-state index contributed by atoms with van der Waals surface area (Å²) in [5.41, 5.74) is 1.95. The molecule has 0 aliphatic carbocycles. The van der Waals surface area contributed by atoms with Gasteiger partial charge in [0.2, 0.25) is 0 Å². The smallest absolute Gasteiger partial charge is 0.179 e. The molecule has 0 aromatic carbocycles. The molecule has 0 aromatic rings. The Morgan fingerprint density at radius 3 is 1.47 bits per heavy atom. The monoisotopic (exact) mass is 292 g/mol. The summed E-state index contributed by atoms with van der Waals surface area (Å²) in [4.78, 5) is 11.4. The number of carbonyl (C=O) groups excluding carboxylic acids is 1. The molecule has 0 unspecified atom stereocenters. The predicted molar refractivity (Wildman–Crippen MR) is 62.1 cm³/mol. The van der Waals surface area contributed by atoms with Gasteiger partial charge in [0.15, 0.2) is 5.78 Å². The fourth-order valence-electron chi connectivity index (χ4n) is 1.11. The number of rotatable bonds is 4. The van der Waals surface area contributed by atoms with Gasteiger partial charge in [-0.3, -0.25) is 4.79 Å². The van der Waals surface area contributed by atoms with Crippen LogP contribution in [0.15, 0.2) is 47.6 Å². The molecule has 0 aliphatic heterocycles. The average Bonchev–Trinajstić information content (AvgIpc) is 2.03. The Bertz CT molecular complexity index is 276. The Morgan fingerprint density at radius 2 is 1.20 bits per heavy atom. The van der Waals surface area contributed by atoms with Crippen LogP contribution in [0.2, 0.25) is 0 Å². The molecule has 0 radical (unpaired) electrons. The van der Waals surface area contributed by atoms with Crippen molar-refractivity contribution in [1.29, 1.82) is 0 Å². The van der Waals surface area contributed by atoms with Crippen LogP contribution in [0.25, 0.3) is 0 Å². The largest absolute Gasteiger partial charge is 0.290 e. The van der Waals surface area contributed by atoms with Crippen molar-refractivity contribution in [2.45, 2.75) is 27.7 Å². The molecular weight excluding hydrogens is 273 g/mol. The minimum atomic E-state index is 0. The van der Waals surface area contributed by atoms with E-state index in [4.69, 9.17) is 0 Å². The molecule has 2 heteroatoms. The first kappa shape index (κ1) is 16.7. The molecular formula is C13H18ORu. The van der Waals surface area contributed by atoms with Gasteiger partial charge in [-0.2, -0.15) is 0 Å². The van der Waals surface area contributed by atoms with E-state index in [2.05, 4.69) is 0 Å². The Morgan fingerprint density at radius 1 is 0.867 bits per heavy atom. The van der Waals surface area contributed by atoms with Crippen LogP contribution in [0.1, 0.15) is 27.7 Å². The molecule has 0 heterocycles. The maximum Gasteiger partial charge on any atom is 0.179 e. The molecule has 15 heavy (non-hydrogen) atoms. The van der Waals surface area contributed by atoms with Gasteiger partial charge in [0, 0.05) is 19.5 Å². The summed E-state index contributed by atoms with van der Waals surface area (Å²) in [7, 11) is 0. The minimum absolute atomic E-state index is 0. The third-order valence-electron chi connectivity index (χ3n) is 1.60. The molecule has 0 atom stereocenters. The summed E-state index contributed by atoms with van der Waals surface area (Å²) in [6.45, 7) is 7.69. The zero-order valence-corrected chi connectivity index (χ0v) is 11.5. The van der Waals surface area contributed by atoms with Gasteiger partial charge in [0.1, 0.15) is 0 Å². The summed E-state index contributed by atoms with van der Waals surface area (Å²) in [6.07, 6.45) is 10.9. The van der Waals surface area contributed by atoms with Crippen LogP contribution in [0.3, 0.4) is 0 Å². The average molecular weight is 291 g/mol. The summed E-state index contributed by atoms with van der Waals surface area (Å²) >= 11 is 0. The molecule has 1 nitrogen and oxygen atoms in total. The Kier molecular flexibility index (Phi) is 10.9. The van der Waals surface area contributed by atoms with Gasteiger partial charge in [0.05, 0.1) is 0 Å². The van der Waals surface area contributed by atoms with Crippen molar-refractivity contribution in [2.75, 3.05) is 0 Å². The van der Waals surface area contributed by atoms with Gasteiger partial charge >= 0.3 is 0 Å². The van der Waals surface area contributed by atoms with E-state index in [0.29, 0.717) is 0 Å². The van der Waals surface area contributed by atoms with Crippen molar-refractivity contribution in [1.82, 2.24) is 0 Å². The van der Waals surface area contributed by atoms with Crippen LogP contribution in [0.5, 0.6) is 0 Å². The summed E-state index contributed by atoms with van der Waals surface area (Å²) in [6, 6.07) is 0. The van der Waals surface area contributed by atoms with Gasteiger partial charge < -0.3 is 0 Å². The Labute approximate surface area is 105 Å². The van der Waals surface area contributed by atoms with Crippen molar-refractivity contribution in [3.05, 3.63) is 47.6 Å². The number of ketones is 1. The van der Waals surface area contributed by atoms with E-state index >= 15 is 0 Å². The fourth-order valence-corrected chi connectivity index (χ4v) is 1.11. The SMILES string of the molecule is C/C=C/C(C)=C/C(=O)/C=C(C)/C=C/C.[Ru]. The fraction of sp³-hybridized carbons (Fsp3) is 0.308. The van der Waals surface area contributed by atoms with Crippen LogP contribution in [0, 0.1) is 0 Å². The van der Waals surface area contributed by atoms with Crippen LogP contribution in [-0.4, -0.2) is 5.78 Å². The molecule has 0 bridgehead atoms. The van der Waals surface area contributed by atoms with Crippen molar-refractivity contribution in [2.24, 2.45) is 0 Å². The van der Waals surface area contributed by atoms with E-state index < -0.39 is 0 Å². The van der Waals surface area contributed by atoms with Crippen molar-refractivity contribution in [3.8, 4) is 0 Å². The first-order valence-corrected chi connectivity index (χ1v) is 4.76. The van der Waals surface area contributed by atoms with Gasteiger partial charge in [-0.05, 0) is 51.0 Å².